The van der Waals surface area contributed by atoms with Gasteiger partial charge in [0.1, 0.15) is 29.9 Å². The lowest BCUT2D eigenvalue weighted by Gasteiger charge is -2.30. The van der Waals surface area contributed by atoms with Crippen molar-refractivity contribution in [1.29, 1.82) is 0 Å². The standard InChI is InChI=1S/C14H15F4NO/c1-6-10(16)4-9-11(20-8-2-7(15)3-8)5-19-13(12(6)9)14(17)18/h5-8,10,14H,2-4H2,1H3/t6-,7?,8?,10-/m1/s1. The van der Waals surface area contributed by atoms with E-state index in [1.807, 2.05) is 0 Å². The Morgan fingerprint density at radius 3 is 2.60 bits per heavy atom. The van der Waals surface area contributed by atoms with Crippen LogP contribution in [0.25, 0.3) is 0 Å². The molecule has 2 atom stereocenters. The number of nitrogens with zero attached hydrogens (tertiary/aromatic N) is 1. The van der Waals surface area contributed by atoms with Gasteiger partial charge in [-0.3, -0.25) is 4.98 Å². The predicted octanol–water partition coefficient (Wildman–Crippen LogP) is 3.90. The fourth-order valence-electron chi connectivity index (χ4n) is 2.89. The third-order valence-corrected chi connectivity index (χ3v) is 4.15. The quantitative estimate of drug-likeness (QED) is 0.787. The van der Waals surface area contributed by atoms with Gasteiger partial charge < -0.3 is 4.74 Å². The molecule has 0 bridgehead atoms. The molecule has 0 aromatic carbocycles. The highest BCUT2D eigenvalue weighted by molar-refractivity contribution is 5.48. The molecule has 1 fully saturated rings. The van der Waals surface area contributed by atoms with Crippen molar-refractivity contribution in [3.05, 3.63) is 23.0 Å². The molecule has 1 saturated carbocycles. The van der Waals surface area contributed by atoms with Gasteiger partial charge in [-0.1, -0.05) is 6.92 Å². The van der Waals surface area contributed by atoms with Gasteiger partial charge in [0.2, 0.25) is 0 Å². The average molecular weight is 289 g/mol. The molecule has 20 heavy (non-hydrogen) atoms. The lowest BCUT2D eigenvalue weighted by Crippen LogP contribution is -2.35. The van der Waals surface area contributed by atoms with Crippen molar-refractivity contribution in [2.75, 3.05) is 0 Å². The molecule has 6 heteroatoms. The minimum atomic E-state index is -2.73. The van der Waals surface area contributed by atoms with Crippen LogP contribution < -0.4 is 4.74 Å². The number of aromatic nitrogens is 1. The third-order valence-electron chi connectivity index (χ3n) is 4.15. The molecule has 1 heterocycles. The molecule has 0 amide bonds. The Hall–Kier alpha value is -1.33. The Morgan fingerprint density at radius 1 is 1.30 bits per heavy atom. The number of fused-ring (bicyclic) bond motifs is 1. The summed E-state index contributed by atoms with van der Waals surface area (Å²) in [6.07, 6.45) is -3.21. The van der Waals surface area contributed by atoms with E-state index in [2.05, 4.69) is 4.98 Å². The first-order valence-corrected chi connectivity index (χ1v) is 6.72. The Kier molecular flexibility index (Phi) is 3.34. The summed E-state index contributed by atoms with van der Waals surface area (Å²) in [5, 5.41) is 0. The van der Waals surface area contributed by atoms with Crippen LogP contribution in [0.3, 0.4) is 0 Å². The highest BCUT2D eigenvalue weighted by Gasteiger charge is 2.38. The summed E-state index contributed by atoms with van der Waals surface area (Å²) in [6.45, 7) is 1.58. The van der Waals surface area contributed by atoms with Crippen molar-refractivity contribution in [3.8, 4) is 5.75 Å². The summed E-state index contributed by atoms with van der Waals surface area (Å²) < 4.78 is 58.1. The molecule has 1 aromatic heterocycles. The highest BCUT2D eigenvalue weighted by atomic mass is 19.3. The van der Waals surface area contributed by atoms with Crippen molar-refractivity contribution in [3.63, 3.8) is 0 Å². The van der Waals surface area contributed by atoms with Gasteiger partial charge >= 0.3 is 0 Å². The van der Waals surface area contributed by atoms with Crippen LogP contribution in [0.15, 0.2) is 6.20 Å². The second-order valence-corrected chi connectivity index (χ2v) is 5.52. The molecule has 110 valence electrons. The van der Waals surface area contributed by atoms with Crippen molar-refractivity contribution >= 4 is 0 Å². The van der Waals surface area contributed by atoms with Gasteiger partial charge in [0.15, 0.2) is 0 Å². The Balaban J connectivity index is 1.93. The van der Waals surface area contributed by atoms with Crippen molar-refractivity contribution in [1.82, 2.24) is 4.98 Å². The van der Waals surface area contributed by atoms with Crippen LogP contribution in [0.5, 0.6) is 5.75 Å². The first-order chi connectivity index (χ1) is 9.47. The highest BCUT2D eigenvalue weighted by Crippen LogP contribution is 2.44. The second kappa shape index (κ2) is 4.90. The van der Waals surface area contributed by atoms with E-state index in [1.54, 1.807) is 6.92 Å². The molecule has 2 aliphatic rings. The third kappa shape index (κ3) is 2.15. The van der Waals surface area contributed by atoms with Crippen LogP contribution in [0, 0.1) is 0 Å². The van der Waals surface area contributed by atoms with E-state index >= 15 is 0 Å². The number of halogens is 4. The van der Waals surface area contributed by atoms with E-state index in [1.165, 1.54) is 6.20 Å². The van der Waals surface area contributed by atoms with E-state index in [0.717, 1.165) is 0 Å². The first kappa shape index (κ1) is 13.6. The van der Waals surface area contributed by atoms with E-state index in [9.17, 15) is 17.6 Å². The van der Waals surface area contributed by atoms with Gasteiger partial charge in [-0.2, -0.15) is 0 Å². The molecule has 0 saturated heterocycles. The summed E-state index contributed by atoms with van der Waals surface area (Å²) in [5.41, 5.74) is 0.371. The Bertz CT molecular complexity index is 516. The van der Waals surface area contributed by atoms with Crippen LogP contribution in [0.2, 0.25) is 0 Å². The molecular formula is C14H15F4NO. The predicted molar refractivity (Wildman–Crippen MR) is 64.8 cm³/mol. The fourth-order valence-corrected chi connectivity index (χ4v) is 2.89. The summed E-state index contributed by atoms with van der Waals surface area (Å²) in [6, 6.07) is 0. The van der Waals surface area contributed by atoms with E-state index in [4.69, 9.17) is 4.74 Å². The van der Waals surface area contributed by atoms with Gasteiger partial charge in [-0.25, -0.2) is 17.6 Å². The maximum atomic E-state index is 13.8. The van der Waals surface area contributed by atoms with Crippen LogP contribution in [-0.2, 0) is 6.42 Å². The van der Waals surface area contributed by atoms with Gasteiger partial charge in [-0.15, -0.1) is 0 Å². The SMILES string of the molecule is C[C@H]1c2c(C(F)F)ncc(OC3CC(F)C3)c2C[C@H]1F. The number of hydrogen-bond donors (Lipinski definition) is 0. The Labute approximate surface area is 114 Å². The number of hydrogen-bond acceptors (Lipinski definition) is 2. The maximum Gasteiger partial charge on any atom is 0.280 e. The van der Waals surface area contributed by atoms with Crippen molar-refractivity contribution in [2.24, 2.45) is 0 Å². The topological polar surface area (TPSA) is 22.1 Å². The molecule has 2 nitrogen and oxygen atoms in total. The first-order valence-electron chi connectivity index (χ1n) is 6.72. The van der Waals surface area contributed by atoms with Gasteiger partial charge in [-0.05, 0) is 5.56 Å². The molecule has 2 aliphatic carbocycles. The summed E-state index contributed by atoms with van der Waals surface area (Å²) in [4.78, 5) is 3.73. The minimum absolute atomic E-state index is 0.0554. The number of pyridine rings is 1. The summed E-state index contributed by atoms with van der Waals surface area (Å²) >= 11 is 0. The fraction of sp³-hybridized carbons (Fsp3) is 0.643. The lowest BCUT2D eigenvalue weighted by atomic mass is 9.93. The van der Waals surface area contributed by atoms with Crippen molar-refractivity contribution < 1.29 is 22.3 Å². The molecule has 1 aromatic rings. The molecule has 0 spiro atoms. The minimum Gasteiger partial charge on any atom is -0.488 e. The van der Waals surface area contributed by atoms with E-state index < -0.39 is 24.7 Å². The zero-order valence-electron chi connectivity index (χ0n) is 11.0. The summed E-state index contributed by atoms with van der Waals surface area (Å²) in [7, 11) is 0. The number of alkyl halides is 4. The van der Waals surface area contributed by atoms with E-state index in [0.29, 0.717) is 24.2 Å². The van der Waals surface area contributed by atoms with E-state index in [-0.39, 0.29) is 23.8 Å². The van der Waals surface area contributed by atoms with Crippen LogP contribution >= 0.6 is 0 Å². The van der Waals surface area contributed by atoms with Crippen LogP contribution in [0.1, 0.15) is 48.9 Å². The smallest absolute Gasteiger partial charge is 0.280 e. The number of ether oxygens (including phenoxy) is 1. The molecule has 0 unspecified atom stereocenters. The largest absolute Gasteiger partial charge is 0.488 e. The molecule has 0 aliphatic heterocycles. The van der Waals surface area contributed by atoms with Gasteiger partial charge in [0, 0.05) is 30.7 Å². The molecule has 3 rings (SSSR count). The van der Waals surface area contributed by atoms with Crippen LogP contribution in [-0.4, -0.2) is 23.4 Å². The zero-order valence-corrected chi connectivity index (χ0v) is 11.0. The van der Waals surface area contributed by atoms with Gasteiger partial charge in [0.25, 0.3) is 6.43 Å². The molecule has 0 N–H and O–H groups in total. The molecular weight excluding hydrogens is 274 g/mol. The van der Waals surface area contributed by atoms with Crippen molar-refractivity contribution in [2.45, 2.75) is 57.0 Å². The Morgan fingerprint density at radius 2 is 2.00 bits per heavy atom. The lowest BCUT2D eigenvalue weighted by molar-refractivity contribution is 0.0399. The zero-order chi connectivity index (χ0) is 14.4. The van der Waals surface area contributed by atoms with Crippen LogP contribution in [0.4, 0.5) is 17.6 Å². The molecule has 0 radical (unpaired) electrons. The van der Waals surface area contributed by atoms with Gasteiger partial charge in [0.05, 0.1) is 6.20 Å². The monoisotopic (exact) mass is 289 g/mol. The maximum absolute atomic E-state index is 13.8. The average Bonchev–Trinajstić information content (AvgIpc) is 2.65. The normalized spacial score (nSPS) is 32.1. The summed E-state index contributed by atoms with van der Waals surface area (Å²) in [5.74, 6) is -0.284. The second-order valence-electron chi connectivity index (χ2n) is 5.52. The number of rotatable bonds is 3.